The Morgan fingerprint density at radius 3 is 1.48 bits per heavy atom. The largest absolute Gasteiger partial charge is 0.309 e. The third-order valence-corrected chi connectivity index (χ3v) is 12.0. The predicted octanol–water partition coefficient (Wildman–Crippen LogP) is 14.4. The minimum atomic E-state index is 0.615. The van der Waals surface area contributed by atoms with Gasteiger partial charge in [-0.3, -0.25) is 0 Å². The zero-order valence-electron chi connectivity index (χ0n) is 33.6. The van der Waals surface area contributed by atoms with Gasteiger partial charge in [0.2, 0.25) is 0 Å². The van der Waals surface area contributed by atoms with E-state index >= 15 is 0 Å². The van der Waals surface area contributed by atoms with Gasteiger partial charge in [0.25, 0.3) is 0 Å². The maximum absolute atomic E-state index is 5.17. The van der Waals surface area contributed by atoms with Crippen molar-refractivity contribution in [1.82, 2.24) is 24.1 Å². The average Bonchev–Trinajstić information content (AvgIpc) is 3.87. The zero-order valence-corrected chi connectivity index (χ0v) is 33.6. The summed E-state index contributed by atoms with van der Waals surface area (Å²) in [4.78, 5) is 15.3. The second kappa shape index (κ2) is 14.7. The lowest BCUT2D eigenvalue weighted by molar-refractivity contribution is 1.07. The third kappa shape index (κ3) is 5.98. The van der Waals surface area contributed by atoms with Crippen LogP contribution < -0.4 is 0 Å². The summed E-state index contributed by atoms with van der Waals surface area (Å²) in [5.41, 5.74) is 14.2. The fraction of sp³-hybridized carbons (Fsp3) is 0. The molecule has 3 heterocycles. The Balaban J connectivity index is 1.02. The molecule has 0 fully saturated rings. The van der Waals surface area contributed by atoms with Gasteiger partial charge < -0.3 is 9.13 Å². The SMILES string of the molecule is c1ccc(-c2cccc(-c3nc(-c4ccccc4)nc(-c4cccc(-n5c6ccccc6c6c(-c7ccc8c9ccccc9n(-c9ccccc9)c8c7)cccc65)c4)n3)c2)cc1. The number of benzene rings is 9. The van der Waals surface area contributed by atoms with Gasteiger partial charge in [-0.15, -0.1) is 0 Å². The van der Waals surface area contributed by atoms with Crippen molar-refractivity contribution >= 4 is 43.6 Å². The van der Waals surface area contributed by atoms with Gasteiger partial charge in [-0.05, 0) is 76.9 Å². The lowest BCUT2D eigenvalue weighted by atomic mass is 9.98. The standard InChI is InChI=1S/C57H37N5/c1-4-17-38(18-5-1)40-21-14-22-42(35-40)56-58-55(39-19-6-2-7-20-39)59-57(60-56)43-23-15-26-45(36-43)62-51-31-13-11-28-49(51)54-46(29-16-32-52(54)62)41-33-34-48-47-27-10-12-30-50(47)61(53(48)37-41)44-24-8-3-9-25-44/h1-37H. The van der Waals surface area contributed by atoms with Crippen LogP contribution in [0.5, 0.6) is 0 Å². The fourth-order valence-electron chi connectivity index (χ4n) is 9.13. The lowest BCUT2D eigenvalue weighted by Crippen LogP contribution is -2.01. The average molecular weight is 792 g/mol. The van der Waals surface area contributed by atoms with Gasteiger partial charge in [0, 0.05) is 49.6 Å². The highest BCUT2D eigenvalue weighted by molar-refractivity contribution is 6.17. The van der Waals surface area contributed by atoms with Crippen LogP contribution in [0.3, 0.4) is 0 Å². The van der Waals surface area contributed by atoms with E-state index in [1.807, 2.05) is 24.3 Å². The van der Waals surface area contributed by atoms with Crippen LogP contribution in [0.2, 0.25) is 0 Å². The number of para-hydroxylation sites is 3. The summed E-state index contributed by atoms with van der Waals surface area (Å²) in [5.74, 6) is 1.87. The van der Waals surface area contributed by atoms with Crippen molar-refractivity contribution in [3.63, 3.8) is 0 Å². The van der Waals surface area contributed by atoms with Crippen molar-refractivity contribution in [1.29, 1.82) is 0 Å². The van der Waals surface area contributed by atoms with E-state index < -0.39 is 0 Å². The van der Waals surface area contributed by atoms with E-state index in [0.717, 1.165) is 50.2 Å². The Labute approximate surface area is 358 Å². The van der Waals surface area contributed by atoms with Gasteiger partial charge in [0.05, 0.1) is 22.1 Å². The Bertz CT molecular complexity index is 3620. The van der Waals surface area contributed by atoms with Crippen LogP contribution >= 0.6 is 0 Å². The normalized spacial score (nSPS) is 11.5. The number of hydrogen-bond acceptors (Lipinski definition) is 3. The number of nitrogens with zero attached hydrogens (tertiary/aromatic N) is 5. The molecule has 0 bridgehead atoms. The van der Waals surface area contributed by atoms with Crippen molar-refractivity contribution in [2.24, 2.45) is 0 Å². The highest BCUT2D eigenvalue weighted by Crippen LogP contribution is 2.41. The molecule has 0 radical (unpaired) electrons. The number of aromatic nitrogens is 5. The van der Waals surface area contributed by atoms with E-state index in [9.17, 15) is 0 Å². The molecule has 12 rings (SSSR count). The van der Waals surface area contributed by atoms with Crippen LogP contribution in [0.15, 0.2) is 224 Å². The van der Waals surface area contributed by atoms with Gasteiger partial charge in [-0.2, -0.15) is 0 Å². The van der Waals surface area contributed by atoms with Crippen LogP contribution in [0.4, 0.5) is 0 Å². The number of hydrogen-bond donors (Lipinski definition) is 0. The highest BCUT2D eigenvalue weighted by Gasteiger charge is 2.20. The molecule has 0 aliphatic carbocycles. The Morgan fingerprint density at radius 2 is 0.742 bits per heavy atom. The Morgan fingerprint density at radius 1 is 0.258 bits per heavy atom. The molecular formula is C57H37N5. The molecule has 62 heavy (non-hydrogen) atoms. The smallest absolute Gasteiger partial charge is 0.164 e. The number of rotatable bonds is 7. The molecule has 3 aromatic heterocycles. The molecule has 0 unspecified atom stereocenters. The zero-order chi connectivity index (χ0) is 41.0. The van der Waals surface area contributed by atoms with Crippen LogP contribution in [0, 0.1) is 0 Å². The van der Waals surface area contributed by atoms with Gasteiger partial charge in [0.1, 0.15) is 0 Å². The van der Waals surface area contributed by atoms with Crippen molar-refractivity contribution in [3.8, 4) is 67.8 Å². The molecule has 0 atom stereocenters. The van der Waals surface area contributed by atoms with Crippen molar-refractivity contribution in [3.05, 3.63) is 224 Å². The quantitative estimate of drug-likeness (QED) is 0.162. The molecule has 290 valence electrons. The second-order valence-corrected chi connectivity index (χ2v) is 15.6. The first-order chi connectivity index (χ1) is 30.7. The maximum Gasteiger partial charge on any atom is 0.164 e. The molecule has 0 amide bonds. The monoisotopic (exact) mass is 791 g/mol. The van der Waals surface area contributed by atoms with E-state index in [4.69, 9.17) is 15.0 Å². The van der Waals surface area contributed by atoms with Crippen LogP contribution in [0.1, 0.15) is 0 Å². The molecule has 9 aromatic carbocycles. The second-order valence-electron chi connectivity index (χ2n) is 15.6. The predicted molar refractivity (Wildman–Crippen MR) is 256 cm³/mol. The molecule has 0 aliphatic heterocycles. The van der Waals surface area contributed by atoms with Gasteiger partial charge in [0.15, 0.2) is 17.5 Å². The molecule has 0 saturated heterocycles. The highest BCUT2D eigenvalue weighted by atomic mass is 15.0. The van der Waals surface area contributed by atoms with E-state index in [1.54, 1.807) is 0 Å². The topological polar surface area (TPSA) is 48.5 Å². The van der Waals surface area contributed by atoms with E-state index in [-0.39, 0.29) is 0 Å². The number of fused-ring (bicyclic) bond motifs is 6. The third-order valence-electron chi connectivity index (χ3n) is 12.0. The minimum absolute atomic E-state index is 0.615. The van der Waals surface area contributed by atoms with Crippen LogP contribution in [0.25, 0.3) is 111 Å². The summed E-state index contributed by atoms with van der Waals surface area (Å²) in [6, 6.07) is 79.3. The molecule has 5 nitrogen and oxygen atoms in total. The van der Waals surface area contributed by atoms with E-state index in [0.29, 0.717) is 17.5 Å². The first-order valence-corrected chi connectivity index (χ1v) is 20.9. The van der Waals surface area contributed by atoms with Crippen molar-refractivity contribution in [2.45, 2.75) is 0 Å². The van der Waals surface area contributed by atoms with Crippen LogP contribution in [-0.4, -0.2) is 24.1 Å². The van der Waals surface area contributed by atoms with E-state index in [2.05, 4.69) is 209 Å². The molecular weight excluding hydrogens is 755 g/mol. The summed E-state index contributed by atoms with van der Waals surface area (Å²) in [6.07, 6.45) is 0. The first kappa shape index (κ1) is 35.5. The lowest BCUT2D eigenvalue weighted by Gasteiger charge is -2.12. The van der Waals surface area contributed by atoms with Crippen molar-refractivity contribution in [2.75, 3.05) is 0 Å². The van der Waals surface area contributed by atoms with Gasteiger partial charge in [-0.1, -0.05) is 170 Å². The molecule has 0 saturated carbocycles. The van der Waals surface area contributed by atoms with Crippen LogP contribution in [-0.2, 0) is 0 Å². The molecule has 0 spiro atoms. The Kier molecular flexibility index (Phi) is 8.42. The minimum Gasteiger partial charge on any atom is -0.309 e. The Hall–Kier alpha value is -8.41. The summed E-state index contributed by atoms with van der Waals surface area (Å²) in [6.45, 7) is 0. The van der Waals surface area contributed by atoms with Crippen molar-refractivity contribution < 1.29 is 0 Å². The van der Waals surface area contributed by atoms with Gasteiger partial charge >= 0.3 is 0 Å². The first-order valence-electron chi connectivity index (χ1n) is 20.9. The summed E-state index contributed by atoms with van der Waals surface area (Å²) < 4.78 is 4.76. The molecule has 0 N–H and O–H groups in total. The summed E-state index contributed by atoms with van der Waals surface area (Å²) in [7, 11) is 0. The molecule has 12 aromatic rings. The fourth-order valence-corrected chi connectivity index (χ4v) is 9.13. The summed E-state index contributed by atoms with van der Waals surface area (Å²) >= 11 is 0. The maximum atomic E-state index is 5.17. The summed E-state index contributed by atoms with van der Waals surface area (Å²) in [5, 5.41) is 4.89. The van der Waals surface area contributed by atoms with E-state index in [1.165, 1.54) is 43.7 Å². The molecule has 5 heteroatoms. The van der Waals surface area contributed by atoms with Gasteiger partial charge in [-0.25, -0.2) is 15.0 Å². The molecule has 0 aliphatic rings.